The molecule has 1 aromatic rings. The summed E-state index contributed by atoms with van der Waals surface area (Å²) in [6.45, 7) is 7.79. The molecule has 17 heavy (non-hydrogen) atoms. The van der Waals surface area contributed by atoms with Crippen molar-refractivity contribution in [2.24, 2.45) is 11.1 Å². The van der Waals surface area contributed by atoms with E-state index in [0.717, 1.165) is 19.4 Å². The van der Waals surface area contributed by atoms with Crippen molar-refractivity contribution >= 4 is 0 Å². The van der Waals surface area contributed by atoms with Crippen LogP contribution in [0.25, 0.3) is 0 Å². The van der Waals surface area contributed by atoms with Crippen LogP contribution in [0.1, 0.15) is 56.2 Å². The molecule has 0 aromatic heterocycles. The summed E-state index contributed by atoms with van der Waals surface area (Å²) in [4.78, 5) is 0. The van der Waals surface area contributed by atoms with Gasteiger partial charge in [0.1, 0.15) is 0 Å². The largest absolute Gasteiger partial charge is 0.330 e. The molecular weight excluding hydrogens is 206 g/mol. The maximum atomic E-state index is 5.78. The Kier molecular flexibility index (Phi) is 3.58. The summed E-state index contributed by atoms with van der Waals surface area (Å²) in [5, 5.41) is 0. The lowest BCUT2D eigenvalue weighted by atomic mass is 9.68. The van der Waals surface area contributed by atoms with Crippen LogP contribution < -0.4 is 5.73 Å². The van der Waals surface area contributed by atoms with Gasteiger partial charge in [-0.05, 0) is 60.3 Å². The fraction of sp³-hybridized carbons (Fsp3) is 0.625. The van der Waals surface area contributed by atoms with Crippen LogP contribution in [0.15, 0.2) is 18.2 Å². The SMILES string of the molecule is CCc1ccc2c(c1)C(CCN)CC(C)(C)C2. The molecule has 1 aliphatic rings. The van der Waals surface area contributed by atoms with Crippen molar-refractivity contribution in [1.29, 1.82) is 0 Å². The Morgan fingerprint density at radius 2 is 2.12 bits per heavy atom. The molecule has 0 aliphatic heterocycles. The molecular formula is C16H25N. The molecule has 1 heteroatoms. The first-order chi connectivity index (χ1) is 8.05. The Morgan fingerprint density at radius 3 is 2.76 bits per heavy atom. The maximum Gasteiger partial charge on any atom is -0.00714 e. The molecule has 1 unspecified atom stereocenters. The highest BCUT2D eigenvalue weighted by Gasteiger charge is 2.31. The smallest absolute Gasteiger partial charge is 0.00714 e. The molecule has 1 atom stereocenters. The highest BCUT2D eigenvalue weighted by atomic mass is 14.5. The molecule has 0 spiro atoms. The van der Waals surface area contributed by atoms with E-state index in [1.807, 2.05) is 0 Å². The zero-order valence-corrected chi connectivity index (χ0v) is 11.4. The Labute approximate surface area is 105 Å². The third-order valence-corrected chi connectivity index (χ3v) is 4.04. The van der Waals surface area contributed by atoms with Gasteiger partial charge in [-0.3, -0.25) is 0 Å². The molecule has 0 saturated heterocycles. The van der Waals surface area contributed by atoms with Gasteiger partial charge in [0.05, 0.1) is 0 Å². The number of fused-ring (bicyclic) bond motifs is 1. The first kappa shape index (κ1) is 12.6. The summed E-state index contributed by atoms with van der Waals surface area (Å²) in [5.41, 5.74) is 10.8. The summed E-state index contributed by atoms with van der Waals surface area (Å²) in [6, 6.07) is 7.06. The van der Waals surface area contributed by atoms with Crippen LogP contribution in [0.4, 0.5) is 0 Å². The van der Waals surface area contributed by atoms with E-state index >= 15 is 0 Å². The lowest BCUT2D eigenvalue weighted by molar-refractivity contribution is 0.275. The number of aryl methyl sites for hydroxylation is 1. The van der Waals surface area contributed by atoms with E-state index in [-0.39, 0.29) is 0 Å². The average molecular weight is 231 g/mol. The standard InChI is InChI=1S/C16H25N/c1-4-12-5-6-13-10-16(2,3)11-14(7-8-17)15(13)9-12/h5-6,9,14H,4,7-8,10-11,17H2,1-3H3. The summed E-state index contributed by atoms with van der Waals surface area (Å²) >= 11 is 0. The molecule has 1 aliphatic carbocycles. The molecule has 0 heterocycles. The molecule has 2 rings (SSSR count). The number of benzene rings is 1. The van der Waals surface area contributed by atoms with Gasteiger partial charge in [-0.25, -0.2) is 0 Å². The van der Waals surface area contributed by atoms with Crippen LogP contribution in [0.5, 0.6) is 0 Å². The quantitative estimate of drug-likeness (QED) is 0.844. The highest BCUT2D eigenvalue weighted by Crippen LogP contribution is 2.43. The van der Waals surface area contributed by atoms with Crippen molar-refractivity contribution in [3.8, 4) is 0 Å². The van der Waals surface area contributed by atoms with E-state index in [0.29, 0.717) is 11.3 Å². The van der Waals surface area contributed by atoms with Gasteiger partial charge in [0.15, 0.2) is 0 Å². The molecule has 94 valence electrons. The Morgan fingerprint density at radius 1 is 1.35 bits per heavy atom. The van der Waals surface area contributed by atoms with Gasteiger partial charge in [-0.2, -0.15) is 0 Å². The van der Waals surface area contributed by atoms with Crippen LogP contribution in [0.3, 0.4) is 0 Å². The van der Waals surface area contributed by atoms with Crippen LogP contribution in [0.2, 0.25) is 0 Å². The maximum absolute atomic E-state index is 5.78. The third-order valence-electron chi connectivity index (χ3n) is 4.04. The Bertz CT molecular complexity index is 393. The number of rotatable bonds is 3. The van der Waals surface area contributed by atoms with E-state index in [9.17, 15) is 0 Å². The minimum Gasteiger partial charge on any atom is -0.330 e. The molecule has 2 N–H and O–H groups in total. The van der Waals surface area contributed by atoms with Crippen molar-refractivity contribution < 1.29 is 0 Å². The van der Waals surface area contributed by atoms with Gasteiger partial charge in [0, 0.05) is 0 Å². The van der Waals surface area contributed by atoms with E-state index in [1.165, 1.54) is 18.4 Å². The van der Waals surface area contributed by atoms with Gasteiger partial charge in [0.2, 0.25) is 0 Å². The van der Waals surface area contributed by atoms with Gasteiger partial charge >= 0.3 is 0 Å². The van der Waals surface area contributed by atoms with Gasteiger partial charge in [-0.15, -0.1) is 0 Å². The fourth-order valence-corrected chi connectivity index (χ4v) is 3.23. The lowest BCUT2D eigenvalue weighted by Gasteiger charge is -2.37. The van der Waals surface area contributed by atoms with Gasteiger partial charge in [0.25, 0.3) is 0 Å². The molecule has 0 radical (unpaired) electrons. The predicted molar refractivity (Wildman–Crippen MR) is 74.3 cm³/mol. The summed E-state index contributed by atoms with van der Waals surface area (Å²) in [5.74, 6) is 0.672. The molecule has 1 nitrogen and oxygen atoms in total. The number of nitrogens with two attached hydrogens (primary N) is 1. The molecule has 0 fully saturated rings. The summed E-state index contributed by atoms with van der Waals surface area (Å²) in [7, 11) is 0. The second-order valence-corrected chi connectivity index (χ2v) is 6.21. The van der Waals surface area contributed by atoms with Crippen LogP contribution >= 0.6 is 0 Å². The van der Waals surface area contributed by atoms with E-state index in [2.05, 4.69) is 39.0 Å². The van der Waals surface area contributed by atoms with E-state index < -0.39 is 0 Å². The normalized spacial score (nSPS) is 22.2. The zero-order valence-electron chi connectivity index (χ0n) is 11.4. The van der Waals surface area contributed by atoms with Gasteiger partial charge in [-0.1, -0.05) is 39.0 Å². The van der Waals surface area contributed by atoms with Crippen molar-refractivity contribution in [3.05, 3.63) is 34.9 Å². The van der Waals surface area contributed by atoms with Gasteiger partial charge < -0.3 is 5.73 Å². The average Bonchev–Trinajstić information content (AvgIpc) is 2.27. The molecule has 0 saturated carbocycles. The van der Waals surface area contributed by atoms with Crippen LogP contribution in [0, 0.1) is 5.41 Å². The van der Waals surface area contributed by atoms with E-state index in [1.54, 1.807) is 11.1 Å². The van der Waals surface area contributed by atoms with Crippen LogP contribution in [-0.2, 0) is 12.8 Å². The monoisotopic (exact) mass is 231 g/mol. The van der Waals surface area contributed by atoms with Crippen molar-refractivity contribution in [3.63, 3.8) is 0 Å². The topological polar surface area (TPSA) is 26.0 Å². The second-order valence-electron chi connectivity index (χ2n) is 6.21. The van der Waals surface area contributed by atoms with Crippen molar-refractivity contribution in [2.45, 2.75) is 52.4 Å². The minimum absolute atomic E-state index is 0.431. The third kappa shape index (κ3) is 2.71. The molecule has 1 aromatic carbocycles. The first-order valence-electron chi connectivity index (χ1n) is 6.87. The number of hydrogen-bond acceptors (Lipinski definition) is 1. The fourth-order valence-electron chi connectivity index (χ4n) is 3.23. The molecule has 0 bridgehead atoms. The first-order valence-corrected chi connectivity index (χ1v) is 6.87. The number of hydrogen-bond donors (Lipinski definition) is 1. The van der Waals surface area contributed by atoms with E-state index in [4.69, 9.17) is 5.73 Å². The summed E-state index contributed by atoms with van der Waals surface area (Å²) in [6.07, 6.45) is 4.76. The highest BCUT2D eigenvalue weighted by molar-refractivity contribution is 5.37. The minimum atomic E-state index is 0.431. The second kappa shape index (κ2) is 4.81. The van der Waals surface area contributed by atoms with Crippen LogP contribution in [-0.4, -0.2) is 6.54 Å². The zero-order chi connectivity index (χ0) is 12.5. The van der Waals surface area contributed by atoms with Crippen molar-refractivity contribution in [2.75, 3.05) is 6.54 Å². The Hall–Kier alpha value is -0.820. The molecule has 0 amide bonds. The summed E-state index contributed by atoms with van der Waals surface area (Å²) < 4.78 is 0. The predicted octanol–water partition coefficient (Wildman–Crippen LogP) is 3.65. The van der Waals surface area contributed by atoms with Crippen molar-refractivity contribution in [1.82, 2.24) is 0 Å². The lowest BCUT2D eigenvalue weighted by Crippen LogP contribution is -2.27. The Balaban J connectivity index is 2.38.